The van der Waals surface area contributed by atoms with Crippen LogP contribution in [0.1, 0.15) is 16.8 Å². The van der Waals surface area contributed by atoms with Crippen LogP contribution in [0.2, 0.25) is 5.02 Å². The molecule has 92 valence electrons. The number of thioether (sulfide) groups is 1. The molecule has 0 bridgehead atoms. The number of carbonyl (C=O) groups excluding carboxylic acids is 1. The summed E-state index contributed by atoms with van der Waals surface area (Å²) in [5, 5.41) is 0.473. The van der Waals surface area contributed by atoms with Crippen LogP contribution in [-0.4, -0.2) is 35.4 Å². The van der Waals surface area contributed by atoms with Gasteiger partial charge in [0.2, 0.25) is 0 Å². The normalized spacial score (nSPS) is 16.6. The second-order valence-electron chi connectivity index (χ2n) is 4.00. The Morgan fingerprint density at radius 2 is 2.18 bits per heavy atom. The predicted octanol–water partition coefficient (Wildman–Crippen LogP) is 2.50. The molecule has 17 heavy (non-hydrogen) atoms. The zero-order valence-electron chi connectivity index (χ0n) is 9.49. The van der Waals surface area contributed by atoms with Crippen molar-refractivity contribution in [2.45, 2.75) is 6.42 Å². The van der Waals surface area contributed by atoms with E-state index < -0.39 is 0 Å². The molecule has 1 aliphatic heterocycles. The van der Waals surface area contributed by atoms with E-state index >= 15 is 0 Å². The fourth-order valence-electron chi connectivity index (χ4n) is 1.83. The number of nitrogen functional groups attached to an aromatic ring is 1. The largest absolute Gasteiger partial charge is 0.399 e. The molecule has 0 atom stereocenters. The maximum absolute atomic E-state index is 12.3. The van der Waals surface area contributed by atoms with Crippen LogP contribution in [0.15, 0.2) is 18.2 Å². The Bertz CT molecular complexity index is 417. The second kappa shape index (κ2) is 5.65. The van der Waals surface area contributed by atoms with E-state index in [1.54, 1.807) is 18.2 Å². The molecular formula is C12H15ClN2OS. The van der Waals surface area contributed by atoms with E-state index in [0.717, 1.165) is 31.0 Å². The molecule has 1 aromatic rings. The van der Waals surface area contributed by atoms with Gasteiger partial charge in [0, 0.05) is 24.5 Å². The van der Waals surface area contributed by atoms with Gasteiger partial charge in [-0.15, -0.1) is 0 Å². The molecule has 1 amide bonds. The van der Waals surface area contributed by atoms with Crippen molar-refractivity contribution in [3.8, 4) is 0 Å². The van der Waals surface area contributed by atoms with E-state index in [4.69, 9.17) is 17.3 Å². The highest BCUT2D eigenvalue weighted by molar-refractivity contribution is 7.99. The fourth-order valence-corrected chi connectivity index (χ4v) is 2.91. The van der Waals surface area contributed by atoms with Crippen LogP contribution in [0, 0.1) is 0 Å². The third-order valence-corrected chi connectivity index (χ3v) is 4.11. The van der Waals surface area contributed by atoms with Crippen molar-refractivity contribution in [3.63, 3.8) is 0 Å². The lowest BCUT2D eigenvalue weighted by molar-refractivity contribution is 0.0769. The maximum atomic E-state index is 12.3. The van der Waals surface area contributed by atoms with E-state index in [-0.39, 0.29) is 5.91 Å². The van der Waals surface area contributed by atoms with Crippen molar-refractivity contribution >= 4 is 35.0 Å². The van der Waals surface area contributed by atoms with Crippen molar-refractivity contribution in [3.05, 3.63) is 28.8 Å². The molecule has 1 aliphatic rings. The molecule has 0 aromatic heterocycles. The van der Waals surface area contributed by atoms with Crippen LogP contribution in [0.25, 0.3) is 0 Å². The SMILES string of the molecule is Nc1ccc(Cl)c(C(=O)N2CCCSCC2)c1. The van der Waals surface area contributed by atoms with Gasteiger partial charge in [0.05, 0.1) is 10.6 Å². The summed E-state index contributed by atoms with van der Waals surface area (Å²) < 4.78 is 0. The third-order valence-electron chi connectivity index (χ3n) is 2.73. The Morgan fingerprint density at radius 3 is 3.00 bits per heavy atom. The van der Waals surface area contributed by atoms with E-state index in [1.807, 2.05) is 16.7 Å². The standard InChI is InChI=1S/C12H15ClN2OS/c13-11-3-2-9(14)8-10(11)12(16)15-4-1-6-17-7-5-15/h2-3,8H,1,4-7,14H2. The second-order valence-corrected chi connectivity index (χ2v) is 5.63. The number of hydrogen-bond acceptors (Lipinski definition) is 3. The molecule has 3 nitrogen and oxygen atoms in total. The van der Waals surface area contributed by atoms with Gasteiger partial charge in [-0.1, -0.05) is 11.6 Å². The average Bonchev–Trinajstić information content (AvgIpc) is 2.60. The first-order valence-corrected chi connectivity index (χ1v) is 7.14. The molecule has 0 aliphatic carbocycles. The number of anilines is 1. The highest BCUT2D eigenvalue weighted by Gasteiger charge is 2.19. The lowest BCUT2D eigenvalue weighted by Crippen LogP contribution is -2.33. The van der Waals surface area contributed by atoms with Gasteiger partial charge in [0.1, 0.15) is 0 Å². The first-order valence-electron chi connectivity index (χ1n) is 5.60. The number of amides is 1. The summed E-state index contributed by atoms with van der Waals surface area (Å²) in [4.78, 5) is 14.2. The van der Waals surface area contributed by atoms with Crippen LogP contribution in [0.4, 0.5) is 5.69 Å². The van der Waals surface area contributed by atoms with Crippen LogP contribution >= 0.6 is 23.4 Å². The minimum Gasteiger partial charge on any atom is -0.399 e. The Labute approximate surface area is 110 Å². The van der Waals surface area contributed by atoms with Crippen LogP contribution < -0.4 is 5.73 Å². The lowest BCUT2D eigenvalue weighted by atomic mass is 10.1. The topological polar surface area (TPSA) is 46.3 Å². The minimum absolute atomic E-state index is 0.00944. The molecule has 1 aromatic carbocycles. The summed E-state index contributed by atoms with van der Waals surface area (Å²) in [7, 11) is 0. The quantitative estimate of drug-likeness (QED) is 0.798. The Balaban J connectivity index is 2.20. The highest BCUT2D eigenvalue weighted by atomic mass is 35.5. The van der Waals surface area contributed by atoms with Crippen molar-refractivity contribution in [2.75, 3.05) is 30.3 Å². The third kappa shape index (κ3) is 3.07. The van der Waals surface area contributed by atoms with E-state index in [2.05, 4.69) is 0 Å². The molecular weight excluding hydrogens is 256 g/mol. The van der Waals surface area contributed by atoms with Crippen molar-refractivity contribution in [2.24, 2.45) is 0 Å². The molecule has 2 rings (SSSR count). The van der Waals surface area contributed by atoms with Gasteiger partial charge in [-0.25, -0.2) is 0 Å². The van der Waals surface area contributed by atoms with E-state index in [9.17, 15) is 4.79 Å². The number of rotatable bonds is 1. The van der Waals surface area contributed by atoms with Gasteiger partial charge in [0.25, 0.3) is 5.91 Å². The van der Waals surface area contributed by atoms with Crippen LogP contribution in [0.5, 0.6) is 0 Å². The van der Waals surface area contributed by atoms with E-state index in [1.165, 1.54) is 0 Å². The monoisotopic (exact) mass is 270 g/mol. The summed E-state index contributed by atoms with van der Waals surface area (Å²) in [6.45, 7) is 1.59. The van der Waals surface area contributed by atoms with Gasteiger partial charge >= 0.3 is 0 Å². The molecule has 0 saturated carbocycles. The van der Waals surface area contributed by atoms with Gasteiger partial charge in [0.15, 0.2) is 0 Å². The fraction of sp³-hybridized carbons (Fsp3) is 0.417. The molecule has 0 radical (unpaired) electrons. The number of carbonyl (C=O) groups is 1. The molecule has 1 saturated heterocycles. The van der Waals surface area contributed by atoms with Crippen LogP contribution in [0.3, 0.4) is 0 Å². The summed E-state index contributed by atoms with van der Waals surface area (Å²) in [6.07, 6.45) is 1.04. The Morgan fingerprint density at radius 1 is 1.35 bits per heavy atom. The molecule has 0 unspecified atom stereocenters. The van der Waals surface area contributed by atoms with Gasteiger partial charge in [-0.2, -0.15) is 11.8 Å². The smallest absolute Gasteiger partial charge is 0.255 e. The molecule has 1 heterocycles. The summed E-state index contributed by atoms with van der Waals surface area (Å²) in [5.74, 6) is 2.10. The number of benzene rings is 1. The van der Waals surface area contributed by atoms with Gasteiger partial charge in [-0.05, 0) is 30.4 Å². The van der Waals surface area contributed by atoms with Crippen LogP contribution in [-0.2, 0) is 0 Å². The lowest BCUT2D eigenvalue weighted by Gasteiger charge is -2.20. The maximum Gasteiger partial charge on any atom is 0.255 e. The number of nitrogens with zero attached hydrogens (tertiary/aromatic N) is 1. The predicted molar refractivity (Wildman–Crippen MR) is 73.7 cm³/mol. The van der Waals surface area contributed by atoms with Gasteiger partial charge < -0.3 is 10.6 Å². The number of nitrogens with two attached hydrogens (primary N) is 1. The number of hydrogen-bond donors (Lipinski definition) is 1. The summed E-state index contributed by atoms with van der Waals surface area (Å²) in [6, 6.07) is 5.04. The Hall–Kier alpha value is -0.870. The van der Waals surface area contributed by atoms with Crippen molar-refractivity contribution < 1.29 is 4.79 Å². The summed E-state index contributed by atoms with van der Waals surface area (Å²) in [5.41, 5.74) is 6.78. The number of halogens is 1. The average molecular weight is 271 g/mol. The summed E-state index contributed by atoms with van der Waals surface area (Å²) >= 11 is 7.93. The first kappa shape index (κ1) is 12.6. The molecule has 5 heteroatoms. The zero-order valence-corrected chi connectivity index (χ0v) is 11.1. The molecule has 1 fully saturated rings. The molecule has 2 N–H and O–H groups in total. The van der Waals surface area contributed by atoms with Gasteiger partial charge in [-0.3, -0.25) is 4.79 Å². The highest BCUT2D eigenvalue weighted by Crippen LogP contribution is 2.22. The van der Waals surface area contributed by atoms with Crippen molar-refractivity contribution in [1.82, 2.24) is 4.90 Å². The Kier molecular flexibility index (Phi) is 4.18. The minimum atomic E-state index is -0.00944. The zero-order chi connectivity index (χ0) is 12.3. The first-order chi connectivity index (χ1) is 8.18. The van der Waals surface area contributed by atoms with E-state index in [0.29, 0.717) is 16.3 Å². The molecule has 0 spiro atoms. The van der Waals surface area contributed by atoms with Crippen molar-refractivity contribution in [1.29, 1.82) is 0 Å².